The summed E-state index contributed by atoms with van der Waals surface area (Å²) in [4.78, 5) is 7.77. The summed E-state index contributed by atoms with van der Waals surface area (Å²) in [5, 5.41) is 3.27. The molecule has 1 aromatic carbocycles. The number of hydrogen-bond acceptors (Lipinski definition) is 4. The summed E-state index contributed by atoms with van der Waals surface area (Å²) in [6.07, 6.45) is 1.67. The Morgan fingerprint density at radius 2 is 2.26 bits per heavy atom. The highest BCUT2D eigenvalue weighted by Gasteiger charge is 2.04. The number of fused-ring (bicyclic) bond motifs is 1. The fourth-order valence-electron chi connectivity index (χ4n) is 1.97. The first-order valence-corrected chi connectivity index (χ1v) is 6.11. The normalized spacial score (nSPS) is 11.0. The molecule has 5 nitrogen and oxygen atoms in total. The summed E-state index contributed by atoms with van der Waals surface area (Å²) < 4.78 is 10.4. The van der Waals surface area contributed by atoms with Crippen LogP contribution in [-0.2, 0) is 13.1 Å². The number of rotatable bonds is 5. The summed E-state index contributed by atoms with van der Waals surface area (Å²) in [6.45, 7) is 1.35. The van der Waals surface area contributed by atoms with E-state index in [1.165, 1.54) is 0 Å². The van der Waals surface area contributed by atoms with E-state index in [4.69, 9.17) is 9.15 Å². The van der Waals surface area contributed by atoms with E-state index in [2.05, 4.69) is 15.3 Å². The minimum atomic E-state index is 0.664. The molecular weight excluding hydrogens is 242 g/mol. The molecule has 0 fully saturated rings. The quantitative estimate of drug-likeness (QED) is 0.737. The second kappa shape index (κ2) is 5.16. The molecule has 3 aromatic rings. The average Bonchev–Trinajstić information content (AvgIpc) is 3.06. The third-order valence-corrected chi connectivity index (χ3v) is 2.91. The van der Waals surface area contributed by atoms with Gasteiger partial charge in [0.05, 0.1) is 37.5 Å². The molecule has 0 aliphatic rings. The van der Waals surface area contributed by atoms with Gasteiger partial charge in [0.2, 0.25) is 0 Å². The number of nitrogens with zero attached hydrogens (tertiary/aromatic N) is 1. The molecule has 2 heterocycles. The van der Waals surface area contributed by atoms with Crippen LogP contribution >= 0.6 is 0 Å². The number of aromatic nitrogens is 2. The molecule has 0 atom stereocenters. The van der Waals surface area contributed by atoms with E-state index in [1.54, 1.807) is 13.4 Å². The Morgan fingerprint density at radius 3 is 3.05 bits per heavy atom. The minimum absolute atomic E-state index is 0.664. The number of furan rings is 1. The highest BCUT2D eigenvalue weighted by Crippen LogP contribution is 2.18. The lowest BCUT2D eigenvalue weighted by molar-refractivity contribution is 0.415. The monoisotopic (exact) mass is 257 g/mol. The van der Waals surface area contributed by atoms with E-state index in [0.29, 0.717) is 13.1 Å². The maximum Gasteiger partial charge on any atom is 0.121 e. The number of imidazole rings is 1. The standard InChI is InChI=1S/C14H15N3O2/c1-18-10-4-5-12-13(7-10)17-14(16-12)9-15-8-11-3-2-6-19-11/h2-7,15H,8-9H2,1H3,(H,16,17). The molecule has 0 bridgehead atoms. The molecule has 98 valence electrons. The molecular formula is C14H15N3O2. The van der Waals surface area contributed by atoms with Crippen molar-refractivity contribution in [1.82, 2.24) is 15.3 Å². The fourth-order valence-corrected chi connectivity index (χ4v) is 1.97. The molecule has 0 saturated heterocycles. The van der Waals surface area contributed by atoms with Gasteiger partial charge in [-0.2, -0.15) is 0 Å². The topological polar surface area (TPSA) is 63.1 Å². The molecule has 0 radical (unpaired) electrons. The first kappa shape index (κ1) is 11.8. The molecule has 0 aliphatic carbocycles. The maximum atomic E-state index is 5.25. The molecule has 0 aliphatic heterocycles. The zero-order valence-corrected chi connectivity index (χ0v) is 10.6. The molecule has 2 N–H and O–H groups in total. The van der Waals surface area contributed by atoms with E-state index < -0.39 is 0 Å². The molecule has 0 unspecified atom stereocenters. The van der Waals surface area contributed by atoms with Gasteiger partial charge >= 0.3 is 0 Å². The van der Waals surface area contributed by atoms with Crippen molar-refractivity contribution >= 4 is 11.0 Å². The number of aromatic amines is 1. The Hall–Kier alpha value is -2.27. The van der Waals surface area contributed by atoms with Gasteiger partial charge < -0.3 is 19.5 Å². The van der Waals surface area contributed by atoms with Crippen LogP contribution in [0.1, 0.15) is 11.6 Å². The number of nitrogens with one attached hydrogen (secondary N) is 2. The van der Waals surface area contributed by atoms with Gasteiger partial charge in [0.25, 0.3) is 0 Å². The van der Waals surface area contributed by atoms with Crippen LogP contribution in [0.3, 0.4) is 0 Å². The van der Waals surface area contributed by atoms with Crippen molar-refractivity contribution in [3.05, 3.63) is 48.2 Å². The van der Waals surface area contributed by atoms with Gasteiger partial charge in [-0.25, -0.2) is 4.98 Å². The van der Waals surface area contributed by atoms with E-state index >= 15 is 0 Å². The lowest BCUT2D eigenvalue weighted by Gasteiger charge is -1.98. The number of benzene rings is 1. The second-order valence-electron chi connectivity index (χ2n) is 4.25. The predicted octanol–water partition coefficient (Wildman–Crippen LogP) is 2.45. The lowest BCUT2D eigenvalue weighted by Crippen LogP contribution is -2.13. The van der Waals surface area contributed by atoms with Crippen molar-refractivity contribution in [2.45, 2.75) is 13.1 Å². The highest BCUT2D eigenvalue weighted by atomic mass is 16.5. The minimum Gasteiger partial charge on any atom is -0.497 e. The summed E-state index contributed by atoms with van der Waals surface area (Å²) in [5.74, 6) is 2.64. The van der Waals surface area contributed by atoms with Gasteiger partial charge in [-0.05, 0) is 24.3 Å². The number of hydrogen-bond donors (Lipinski definition) is 2. The van der Waals surface area contributed by atoms with E-state index in [1.807, 2.05) is 30.3 Å². The van der Waals surface area contributed by atoms with Crippen LogP contribution in [-0.4, -0.2) is 17.1 Å². The number of methoxy groups -OCH3 is 1. The Morgan fingerprint density at radius 1 is 1.32 bits per heavy atom. The molecule has 3 rings (SSSR count). The van der Waals surface area contributed by atoms with Gasteiger partial charge in [-0.3, -0.25) is 0 Å². The van der Waals surface area contributed by atoms with Crippen molar-refractivity contribution in [2.24, 2.45) is 0 Å². The smallest absolute Gasteiger partial charge is 0.121 e. The molecule has 0 saturated carbocycles. The first-order chi connectivity index (χ1) is 9.35. The molecule has 19 heavy (non-hydrogen) atoms. The second-order valence-corrected chi connectivity index (χ2v) is 4.25. The SMILES string of the molecule is COc1ccc2nc(CNCc3ccco3)[nH]c2c1. The summed E-state index contributed by atoms with van der Waals surface area (Å²) in [5.41, 5.74) is 1.92. The Kier molecular flexibility index (Phi) is 3.20. The molecule has 0 spiro atoms. The molecule has 5 heteroatoms. The maximum absolute atomic E-state index is 5.25. The molecule has 2 aromatic heterocycles. The van der Waals surface area contributed by atoms with Crippen molar-refractivity contribution < 1.29 is 9.15 Å². The van der Waals surface area contributed by atoms with Crippen molar-refractivity contribution in [1.29, 1.82) is 0 Å². The van der Waals surface area contributed by atoms with E-state index in [0.717, 1.165) is 28.4 Å². The van der Waals surface area contributed by atoms with Crippen molar-refractivity contribution in [3.8, 4) is 5.75 Å². The van der Waals surface area contributed by atoms with E-state index in [9.17, 15) is 0 Å². The highest BCUT2D eigenvalue weighted by molar-refractivity contribution is 5.76. The van der Waals surface area contributed by atoms with Crippen molar-refractivity contribution in [2.75, 3.05) is 7.11 Å². The van der Waals surface area contributed by atoms with Gasteiger partial charge in [0.15, 0.2) is 0 Å². The zero-order valence-electron chi connectivity index (χ0n) is 10.6. The summed E-state index contributed by atoms with van der Waals surface area (Å²) in [6, 6.07) is 9.61. The van der Waals surface area contributed by atoms with Gasteiger partial charge in [0, 0.05) is 6.07 Å². The largest absolute Gasteiger partial charge is 0.497 e. The van der Waals surface area contributed by atoms with Gasteiger partial charge in [0.1, 0.15) is 17.3 Å². The van der Waals surface area contributed by atoms with Crippen LogP contribution in [0.25, 0.3) is 11.0 Å². The lowest BCUT2D eigenvalue weighted by atomic mass is 10.3. The Balaban J connectivity index is 1.67. The van der Waals surface area contributed by atoms with Crippen LogP contribution in [0.15, 0.2) is 41.0 Å². The third kappa shape index (κ3) is 2.61. The van der Waals surface area contributed by atoms with Crippen LogP contribution in [0.2, 0.25) is 0 Å². The zero-order chi connectivity index (χ0) is 13.1. The number of H-pyrrole nitrogens is 1. The van der Waals surface area contributed by atoms with E-state index in [-0.39, 0.29) is 0 Å². The van der Waals surface area contributed by atoms with Crippen LogP contribution in [0.5, 0.6) is 5.75 Å². The Bertz CT molecular complexity index is 658. The molecule has 0 amide bonds. The van der Waals surface area contributed by atoms with Crippen LogP contribution < -0.4 is 10.1 Å². The van der Waals surface area contributed by atoms with Crippen LogP contribution in [0, 0.1) is 0 Å². The summed E-state index contributed by atoms with van der Waals surface area (Å²) in [7, 11) is 1.66. The third-order valence-electron chi connectivity index (χ3n) is 2.91. The first-order valence-electron chi connectivity index (χ1n) is 6.11. The van der Waals surface area contributed by atoms with Crippen LogP contribution in [0.4, 0.5) is 0 Å². The van der Waals surface area contributed by atoms with Gasteiger partial charge in [-0.15, -0.1) is 0 Å². The van der Waals surface area contributed by atoms with Crippen molar-refractivity contribution in [3.63, 3.8) is 0 Å². The fraction of sp³-hybridized carbons (Fsp3) is 0.214. The average molecular weight is 257 g/mol. The Labute approximate surface area is 110 Å². The summed E-state index contributed by atoms with van der Waals surface area (Å²) >= 11 is 0. The van der Waals surface area contributed by atoms with Gasteiger partial charge in [-0.1, -0.05) is 0 Å². The predicted molar refractivity (Wildman–Crippen MR) is 71.9 cm³/mol. The number of ether oxygens (including phenoxy) is 1.